The van der Waals surface area contributed by atoms with Crippen LogP contribution in [0, 0.1) is 5.92 Å². The molecule has 0 bridgehead atoms. The zero-order valence-electron chi connectivity index (χ0n) is 23.5. The Kier molecular flexibility index (Phi) is 11.2. The van der Waals surface area contributed by atoms with Gasteiger partial charge in [-0.3, -0.25) is 4.79 Å². The third-order valence-electron chi connectivity index (χ3n) is 6.79. The Morgan fingerprint density at radius 2 is 1.69 bits per heavy atom. The van der Waals surface area contributed by atoms with E-state index < -0.39 is 10.0 Å². The summed E-state index contributed by atoms with van der Waals surface area (Å²) in [5.41, 5.74) is 1.58. The van der Waals surface area contributed by atoms with Gasteiger partial charge in [0.05, 0.1) is 25.1 Å². The monoisotopic (exact) mass is 558 g/mol. The molecule has 10 heteroatoms. The summed E-state index contributed by atoms with van der Waals surface area (Å²) in [6.07, 6.45) is 1.70. The van der Waals surface area contributed by atoms with Gasteiger partial charge in [0.1, 0.15) is 5.75 Å². The topological polar surface area (TPSA) is 99.3 Å². The van der Waals surface area contributed by atoms with Crippen LogP contribution in [0.4, 0.5) is 10.5 Å². The zero-order chi connectivity index (χ0) is 28.4. The van der Waals surface area contributed by atoms with Crippen molar-refractivity contribution in [3.63, 3.8) is 0 Å². The SMILES string of the molecule is CCCS(=O)(=O)N(CC(=O)N(Cc1ccccc1)C1CCN(C(=O)Nc2ccccc2OC)CC1)CC(C)C. The van der Waals surface area contributed by atoms with Crippen LogP contribution in [0.2, 0.25) is 0 Å². The average molecular weight is 559 g/mol. The lowest BCUT2D eigenvalue weighted by atomic mass is 10.0. The Hall–Kier alpha value is -3.11. The number of nitrogens with one attached hydrogen (secondary N) is 1. The number of benzene rings is 2. The van der Waals surface area contributed by atoms with E-state index >= 15 is 0 Å². The van der Waals surface area contributed by atoms with Crippen LogP contribution in [0.15, 0.2) is 54.6 Å². The molecule has 1 fully saturated rings. The van der Waals surface area contributed by atoms with Crippen LogP contribution in [0.5, 0.6) is 5.75 Å². The van der Waals surface area contributed by atoms with Crippen molar-refractivity contribution < 1.29 is 22.7 Å². The summed E-state index contributed by atoms with van der Waals surface area (Å²) >= 11 is 0. The number of nitrogens with zero attached hydrogens (tertiary/aromatic N) is 3. The highest BCUT2D eigenvalue weighted by Gasteiger charge is 2.33. The van der Waals surface area contributed by atoms with Crippen molar-refractivity contribution >= 4 is 27.6 Å². The summed E-state index contributed by atoms with van der Waals surface area (Å²) in [5.74, 6) is 0.489. The molecule has 0 saturated carbocycles. The molecule has 1 N–H and O–H groups in total. The van der Waals surface area contributed by atoms with Gasteiger partial charge in [-0.25, -0.2) is 13.2 Å². The number of methoxy groups -OCH3 is 1. The van der Waals surface area contributed by atoms with Crippen LogP contribution in [0.25, 0.3) is 0 Å². The van der Waals surface area contributed by atoms with Gasteiger partial charge in [0.25, 0.3) is 0 Å². The summed E-state index contributed by atoms with van der Waals surface area (Å²) in [5, 5.41) is 2.92. The number of piperidine rings is 1. The van der Waals surface area contributed by atoms with Crippen molar-refractivity contribution in [3.8, 4) is 5.75 Å². The van der Waals surface area contributed by atoms with E-state index in [-0.39, 0.29) is 36.2 Å². The maximum atomic E-state index is 13.7. The van der Waals surface area contributed by atoms with Gasteiger partial charge in [-0.05, 0) is 42.9 Å². The molecule has 1 heterocycles. The molecule has 0 radical (unpaired) electrons. The van der Waals surface area contributed by atoms with Gasteiger partial charge in [0.2, 0.25) is 15.9 Å². The Morgan fingerprint density at radius 3 is 2.31 bits per heavy atom. The largest absolute Gasteiger partial charge is 0.495 e. The molecule has 3 rings (SSSR count). The van der Waals surface area contributed by atoms with Crippen molar-refractivity contribution in [2.45, 2.75) is 52.6 Å². The van der Waals surface area contributed by atoms with Gasteiger partial charge in [-0.15, -0.1) is 0 Å². The molecule has 39 heavy (non-hydrogen) atoms. The summed E-state index contributed by atoms with van der Waals surface area (Å²) in [6, 6.07) is 16.7. The minimum atomic E-state index is -3.54. The highest BCUT2D eigenvalue weighted by Crippen LogP contribution is 2.25. The van der Waals surface area contributed by atoms with E-state index in [9.17, 15) is 18.0 Å². The number of amides is 3. The third-order valence-corrected chi connectivity index (χ3v) is 8.78. The number of ether oxygens (including phenoxy) is 1. The third kappa shape index (κ3) is 8.69. The maximum absolute atomic E-state index is 13.7. The quantitative estimate of drug-likeness (QED) is 0.416. The van der Waals surface area contributed by atoms with E-state index in [4.69, 9.17) is 4.74 Å². The van der Waals surface area contributed by atoms with Gasteiger partial charge in [0.15, 0.2) is 0 Å². The van der Waals surface area contributed by atoms with E-state index in [1.165, 1.54) is 4.31 Å². The van der Waals surface area contributed by atoms with Crippen molar-refractivity contribution in [2.24, 2.45) is 5.92 Å². The van der Waals surface area contributed by atoms with E-state index in [2.05, 4.69) is 5.32 Å². The van der Waals surface area contributed by atoms with E-state index in [0.29, 0.717) is 56.9 Å². The maximum Gasteiger partial charge on any atom is 0.321 e. The molecule has 1 saturated heterocycles. The van der Waals surface area contributed by atoms with Crippen LogP contribution in [-0.2, 0) is 21.4 Å². The molecule has 3 amide bonds. The van der Waals surface area contributed by atoms with Crippen LogP contribution < -0.4 is 10.1 Å². The molecule has 9 nitrogen and oxygen atoms in total. The number of carbonyl (C=O) groups is 2. The average Bonchev–Trinajstić information content (AvgIpc) is 2.92. The molecule has 0 spiro atoms. The second-order valence-electron chi connectivity index (χ2n) is 10.4. The van der Waals surface area contributed by atoms with E-state index in [1.807, 2.05) is 63.2 Å². The Bertz CT molecular complexity index is 1180. The van der Waals surface area contributed by atoms with Gasteiger partial charge >= 0.3 is 6.03 Å². The number of hydrogen-bond acceptors (Lipinski definition) is 5. The first-order valence-electron chi connectivity index (χ1n) is 13.6. The van der Waals surface area contributed by atoms with Crippen molar-refractivity contribution in [1.82, 2.24) is 14.1 Å². The van der Waals surface area contributed by atoms with Crippen molar-refractivity contribution in [1.29, 1.82) is 0 Å². The first kappa shape index (κ1) is 30.4. The minimum Gasteiger partial charge on any atom is -0.495 e. The fraction of sp³-hybridized carbons (Fsp3) is 0.517. The van der Waals surface area contributed by atoms with E-state index in [0.717, 1.165) is 5.56 Å². The van der Waals surface area contributed by atoms with Crippen LogP contribution in [-0.4, -0.2) is 79.5 Å². The molecule has 1 aliphatic rings. The summed E-state index contributed by atoms with van der Waals surface area (Å²) < 4.78 is 32.6. The molecule has 0 aliphatic carbocycles. The van der Waals surface area contributed by atoms with Crippen molar-refractivity contribution in [2.75, 3.05) is 44.4 Å². The molecule has 0 aromatic heterocycles. The van der Waals surface area contributed by atoms with Gasteiger partial charge in [0, 0.05) is 32.2 Å². The number of carbonyl (C=O) groups excluding carboxylic acids is 2. The van der Waals surface area contributed by atoms with Crippen LogP contribution in [0.3, 0.4) is 0 Å². The standard InChI is InChI=1S/C29H42N4O5S/c1-5-19-39(36,37)32(20-23(2)3)22-28(34)33(21-24-11-7-6-8-12-24)25-15-17-31(18-16-25)29(35)30-26-13-9-10-14-27(26)38-4/h6-14,23,25H,5,15-22H2,1-4H3,(H,30,35). The predicted octanol–water partition coefficient (Wildman–Crippen LogP) is 4.42. The highest BCUT2D eigenvalue weighted by molar-refractivity contribution is 7.89. The van der Waals surface area contributed by atoms with Crippen molar-refractivity contribution in [3.05, 3.63) is 60.2 Å². The minimum absolute atomic E-state index is 0.0192. The van der Waals surface area contributed by atoms with Crippen LogP contribution in [0.1, 0.15) is 45.6 Å². The predicted molar refractivity (Wildman–Crippen MR) is 154 cm³/mol. The second kappa shape index (κ2) is 14.3. The molecule has 2 aromatic carbocycles. The van der Waals surface area contributed by atoms with Gasteiger partial charge in [-0.1, -0.05) is 63.2 Å². The smallest absolute Gasteiger partial charge is 0.321 e. The first-order valence-corrected chi connectivity index (χ1v) is 15.3. The molecular weight excluding hydrogens is 516 g/mol. The fourth-order valence-corrected chi connectivity index (χ4v) is 6.44. The van der Waals surface area contributed by atoms with Crippen LogP contribution >= 0.6 is 0 Å². The summed E-state index contributed by atoms with van der Waals surface area (Å²) in [4.78, 5) is 30.2. The number of para-hydroxylation sites is 2. The second-order valence-corrected chi connectivity index (χ2v) is 12.4. The first-order chi connectivity index (χ1) is 18.6. The van der Waals surface area contributed by atoms with Gasteiger partial charge < -0.3 is 19.9 Å². The number of rotatable bonds is 12. The number of anilines is 1. The Balaban J connectivity index is 1.73. The number of likely N-dealkylation sites (tertiary alicyclic amines) is 1. The molecule has 1 aliphatic heterocycles. The molecular formula is C29H42N4O5S. The molecule has 214 valence electrons. The number of urea groups is 1. The normalized spacial score (nSPS) is 14.5. The zero-order valence-corrected chi connectivity index (χ0v) is 24.3. The molecule has 2 aromatic rings. The fourth-order valence-electron chi connectivity index (χ4n) is 4.84. The number of sulfonamides is 1. The lowest BCUT2D eigenvalue weighted by Gasteiger charge is -2.39. The molecule has 0 atom stereocenters. The lowest BCUT2D eigenvalue weighted by Crippen LogP contribution is -2.52. The Labute approximate surface area is 233 Å². The highest BCUT2D eigenvalue weighted by atomic mass is 32.2. The number of hydrogen-bond donors (Lipinski definition) is 1. The summed E-state index contributed by atoms with van der Waals surface area (Å²) in [7, 11) is -1.98. The molecule has 0 unspecified atom stereocenters. The summed E-state index contributed by atoms with van der Waals surface area (Å²) in [6.45, 7) is 7.20. The van der Waals surface area contributed by atoms with E-state index in [1.54, 1.807) is 29.0 Å². The Morgan fingerprint density at radius 1 is 1.05 bits per heavy atom. The van der Waals surface area contributed by atoms with Gasteiger partial charge in [-0.2, -0.15) is 4.31 Å². The lowest BCUT2D eigenvalue weighted by molar-refractivity contribution is -0.135.